The van der Waals surface area contributed by atoms with Crippen molar-refractivity contribution in [1.82, 2.24) is 15.5 Å². The standard InChI is InChI=1S/C13H23N5O2/c1-5-8(4)11(16-13(14)20)12(19)15-10-6-9(7(2)3)17-18-10/h6-8,11H,5H2,1-4H3,(H3,14,16,20)(H2,15,17,18,19). The second kappa shape index (κ2) is 6.93. The minimum atomic E-state index is -0.713. The number of rotatable bonds is 6. The molecule has 0 aromatic carbocycles. The van der Waals surface area contributed by atoms with Crippen LogP contribution in [0.4, 0.5) is 10.6 Å². The van der Waals surface area contributed by atoms with Gasteiger partial charge in [-0.15, -0.1) is 0 Å². The molecule has 0 aliphatic heterocycles. The lowest BCUT2D eigenvalue weighted by Crippen LogP contribution is -2.49. The average Bonchev–Trinajstić information content (AvgIpc) is 2.83. The molecule has 112 valence electrons. The fourth-order valence-electron chi connectivity index (χ4n) is 1.76. The highest BCUT2D eigenvalue weighted by molar-refractivity contribution is 5.96. The quantitative estimate of drug-likeness (QED) is 0.634. The molecule has 2 atom stereocenters. The molecule has 0 aliphatic carbocycles. The number of carbonyl (C=O) groups excluding carboxylic acids is 2. The zero-order chi connectivity index (χ0) is 15.3. The normalized spacial score (nSPS) is 13.8. The number of hydrogen-bond donors (Lipinski definition) is 4. The third kappa shape index (κ3) is 4.25. The molecule has 0 saturated carbocycles. The highest BCUT2D eigenvalue weighted by atomic mass is 16.2. The Hall–Kier alpha value is -2.05. The van der Waals surface area contributed by atoms with E-state index in [4.69, 9.17) is 5.73 Å². The molecule has 7 heteroatoms. The van der Waals surface area contributed by atoms with Gasteiger partial charge in [-0.25, -0.2) is 4.79 Å². The minimum Gasteiger partial charge on any atom is -0.352 e. The van der Waals surface area contributed by atoms with Gasteiger partial charge < -0.3 is 16.4 Å². The summed E-state index contributed by atoms with van der Waals surface area (Å²) in [5, 5.41) is 12.0. The van der Waals surface area contributed by atoms with Gasteiger partial charge in [0.25, 0.3) is 0 Å². The predicted molar refractivity (Wildman–Crippen MR) is 77.3 cm³/mol. The molecule has 5 N–H and O–H groups in total. The van der Waals surface area contributed by atoms with E-state index in [1.54, 1.807) is 6.07 Å². The number of aromatic amines is 1. The van der Waals surface area contributed by atoms with Crippen LogP contribution in [-0.4, -0.2) is 28.2 Å². The minimum absolute atomic E-state index is 0.0222. The Balaban J connectivity index is 2.76. The summed E-state index contributed by atoms with van der Waals surface area (Å²) in [6, 6.07) is 0.396. The zero-order valence-corrected chi connectivity index (χ0v) is 12.4. The first-order valence-electron chi connectivity index (χ1n) is 6.77. The molecule has 20 heavy (non-hydrogen) atoms. The molecule has 0 bridgehead atoms. The third-order valence-electron chi connectivity index (χ3n) is 3.26. The lowest BCUT2D eigenvalue weighted by Gasteiger charge is -2.21. The Morgan fingerprint density at radius 1 is 1.40 bits per heavy atom. The molecule has 7 nitrogen and oxygen atoms in total. The number of amides is 3. The average molecular weight is 281 g/mol. The van der Waals surface area contributed by atoms with Crippen LogP contribution < -0.4 is 16.4 Å². The highest BCUT2D eigenvalue weighted by Gasteiger charge is 2.25. The molecule has 0 radical (unpaired) electrons. The maximum atomic E-state index is 12.2. The molecular weight excluding hydrogens is 258 g/mol. The first kappa shape index (κ1) is 16.0. The number of nitrogens with zero attached hydrogens (tertiary/aromatic N) is 1. The van der Waals surface area contributed by atoms with E-state index in [0.717, 1.165) is 12.1 Å². The largest absolute Gasteiger partial charge is 0.352 e. The van der Waals surface area contributed by atoms with Gasteiger partial charge >= 0.3 is 6.03 Å². The van der Waals surface area contributed by atoms with Gasteiger partial charge in [0.15, 0.2) is 5.82 Å². The van der Waals surface area contributed by atoms with E-state index >= 15 is 0 Å². The van der Waals surface area contributed by atoms with Crippen molar-refractivity contribution in [2.24, 2.45) is 11.7 Å². The summed E-state index contributed by atoms with van der Waals surface area (Å²) in [4.78, 5) is 23.2. The number of nitrogens with one attached hydrogen (secondary N) is 3. The number of nitrogens with two attached hydrogens (primary N) is 1. The summed E-state index contributed by atoms with van der Waals surface area (Å²) < 4.78 is 0. The number of carbonyl (C=O) groups is 2. The number of hydrogen-bond acceptors (Lipinski definition) is 3. The van der Waals surface area contributed by atoms with Gasteiger partial charge in [0.1, 0.15) is 6.04 Å². The Labute approximate surface area is 118 Å². The second-order valence-corrected chi connectivity index (χ2v) is 5.22. The summed E-state index contributed by atoms with van der Waals surface area (Å²) in [6.07, 6.45) is 0.746. The van der Waals surface area contributed by atoms with Crippen LogP contribution in [0.2, 0.25) is 0 Å². The van der Waals surface area contributed by atoms with Crippen LogP contribution in [0.3, 0.4) is 0 Å². The van der Waals surface area contributed by atoms with Gasteiger partial charge in [0.2, 0.25) is 5.91 Å². The first-order chi connectivity index (χ1) is 9.35. The monoisotopic (exact) mass is 281 g/mol. The highest BCUT2D eigenvalue weighted by Crippen LogP contribution is 2.16. The van der Waals surface area contributed by atoms with Gasteiger partial charge in [-0.2, -0.15) is 5.10 Å². The van der Waals surface area contributed by atoms with Crippen molar-refractivity contribution in [2.45, 2.75) is 46.1 Å². The summed E-state index contributed by atoms with van der Waals surface area (Å²) in [5.74, 6) is 0.395. The smallest absolute Gasteiger partial charge is 0.312 e. The molecule has 1 aromatic heterocycles. The van der Waals surface area contributed by atoms with Gasteiger partial charge in [-0.3, -0.25) is 9.89 Å². The second-order valence-electron chi connectivity index (χ2n) is 5.22. The third-order valence-corrected chi connectivity index (χ3v) is 3.26. The van der Waals surface area contributed by atoms with Crippen molar-refractivity contribution >= 4 is 17.8 Å². The van der Waals surface area contributed by atoms with Crippen LogP contribution in [0.15, 0.2) is 6.07 Å². The van der Waals surface area contributed by atoms with Crippen molar-refractivity contribution in [2.75, 3.05) is 5.32 Å². The Morgan fingerprint density at radius 3 is 2.50 bits per heavy atom. The van der Waals surface area contributed by atoms with Gasteiger partial charge in [0, 0.05) is 11.8 Å². The Bertz CT molecular complexity index is 469. The predicted octanol–water partition coefficient (Wildman–Crippen LogP) is 1.55. The number of primary amides is 1. The van der Waals surface area contributed by atoms with E-state index in [-0.39, 0.29) is 11.8 Å². The fourth-order valence-corrected chi connectivity index (χ4v) is 1.76. The van der Waals surface area contributed by atoms with Gasteiger partial charge in [-0.05, 0) is 11.8 Å². The lowest BCUT2D eigenvalue weighted by atomic mass is 9.98. The van der Waals surface area contributed by atoms with Crippen LogP contribution in [0.5, 0.6) is 0 Å². The van der Waals surface area contributed by atoms with Crippen molar-refractivity contribution in [1.29, 1.82) is 0 Å². The SMILES string of the molecule is CCC(C)C(NC(N)=O)C(=O)Nc1cc(C(C)C)[nH]n1. The molecule has 0 spiro atoms. The summed E-state index contributed by atoms with van der Waals surface area (Å²) in [7, 11) is 0. The van der Waals surface area contributed by atoms with Crippen LogP contribution in [0.25, 0.3) is 0 Å². The van der Waals surface area contributed by atoms with E-state index in [1.165, 1.54) is 0 Å². The Kier molecular flexibility index (Phi) is 5.54. The van der Waals surface area contributed by atoms with E-state index in [0.29, 0.717) is 11.7 Å². The van der Waals surface area contributed by atoms with E-state index in [9.17, 15) is 9.59 Å². The van der Waals surface area contributed by atoms with Crippen LogP contribution in [0, 0.1) is 5.92 Å². The molecule has 1 aromatic rings. The van der Waals surface area contributed by atoms with Crippen LogP contribution in [-0.2, 0) is 4.79 Å². The van der Waals surface area contributed by atoms with Gasteiger partial charge in [-0.1, -0.05) is 34.1 Å². The van der Waals surface area contributed by atoms with Crippen molar-refractivity contribution in [3.8, 4) is 0 Å². The van der Waals surface area contributed by atoms with Gasteiger partial charge in [0.05, 0.1) is 0 Å². The van der Waals surface area contributed by atoms with E-state index in [1.807, 2.05) is 27.7 Å². The van der Waals surface area contributed by atoms with Crippen molar-refractivity contribution < 1.29 is 9.59 Å². The van der Waals surface area contributed by atoms with E-state index < -0.39 is 12.1 Å². The fraction of sp³-hybridized carbons (Fsp3) is 0.615. The van der Waals surface area contributed by atoms with Crippen molar-refractivity contribution in [3.63, 3.8) is 0 Å². The molecule has 0 aliphatic rings. The molecular formula is C13H23N5O2. The van der Waals surface area contributed by atoms with Crippen LogP contribution in [0.1, 0.15) is 45.7 Å². The van der Waals surface area contributed by atoms with Crippen molar-refractivity contribution in [3.05, 3.63) is 11.8 Å². The zero-order valence-electron chi connectivity index (χ0n) is 12.4. The molecule has 2 unspecified atom stereocenters. The number of H-pyrrole nitrogens is 1. The number of anilines is 1. The topological polar surface area (TPSA) is 113 Å². The summed E-state index contributed by atoms with van der Waals surface area (Å²) in [5.41, 5.74) is 6.04. The number of aromatic nitrogens is 2. The molecule has 0 fully saturated rings. The molecule has 1 rings (SSSR count). The molecule has 1 heterocycles. The molecule has 3 amide bonds. The maximum absolute atomic E-state index is 12.2. The lowest BCUT2D eigenvalue weighted by molar-refractivity contribution is -0.119. The number of urea groups is 1. The molecule has 0 saturated heterocycles. The first-order valence-corrected chi connectivity index (χ1v) is 6.77. The van der Waals surface area contributed by atoms with E-state index in [2.05, 4.69) is 20.8 Å². The maximum Gasteiger partial charge on any atom is 0.312 e. The summed E-state index contributed by atoms with van der Waals surface area (Å²) >= 11 is 0. The summed E-state index contributed by atoms with van der Waals surface area (Å²) in [6.45, 7) is 7.87. The Morgan fingerprint density at radius 2 is 2.05 bits per heavy atom. The van der Waals surface area contributed by atoms with Crippen LogP contribution >= 0.6 is 0 Å².